The number of likely N-dealkylation sites (N-methyl/N-ethyl adjacent to an activating group) is 1. The van der Waals surface area contributed by atoms with Gasteiger partial charge in [0.05, 0.1) is 47.6 Å². The summed E-state index contributed by atoms with van der Waals surface area (Å²) < 4.78 is 38.0. The van der Waals surface area contributed by atoms with Gasteiger partial charge in [-0.3, -0.25) is 4.79 Å². The highest BCUT2D eigenvalue weighted by molar-refractivity contribution is 5.73. The van der Waals surface area contributed by atoms with E-state index >= 15 is 0 Å². The summed E-state index contributed by atoms with van der Waals surface area (Å²) in [5, 5.41) is 59.1. The van der Waals surface area contributed by atoms with E-state index in [1.165, 1.54) is 14.0 Å². The van der Waals surface area contributed by atoms with Crippen LogP contribution < -0.4 is 0 Å². The van der Waals surface area contributed by atoms with Gasteiger partial charge in [0.15, 0.2) is 12.6 Å². The van der Waals surface area contributed by atoms with Crippen LogP contribution in [0.4, 0.5) is 0 Å². The van der Waals surface area contributed by atoms with Gasteiger partial charge < -0.3 is 63.8 Å². The van der Waals surface area contributed by atoms with Crippen molar-refractivity contribution in [2.45, 2.75) is 212 Å². The number of nitrogens with zero attached hydrogens (tertiary/aromatic N) is 2. The summed E-state index contributed by atoms with van der Waals surface area (Å²) in [6.07, 6.45) is -6.45. The molecule has 3 aliphatic rings. The van der Waals surface area contributed by atoms with Crippen LogP contribution in [0.5, 0.6) is 0 Å². The maximum Gasteiger partial charge on any atom is 0.311 e. The summed E-state index contributed by atoms with van der Waals surface area (Å²) in [6, 6.07) is -0.483. The molecule has 3 rings (SSSR count). The zero-order valence-electron chi connectivity index (χ0n) is 37.0. The molecule has 0 spiro atoms. The molecule has 0 saturated carbocycles. The topological polar surface area (TPSA) is 180 Å². The standard InChI is InChI=1S/C42H80N2O12/c1-15-18-43(13)30-20-26(6)52-39(33(30)45)56-37-27(7)34(55-32-22-41(11,51-14)36(47)29(9)53-32)28(8)38(48)54-31(17-3)42(12,50)35(46)24(4)23-44(19-16-2)25(5)21-40(37,10)49/h24-37,39,45-47,49-50H,15-23H2,1-14H3/t24-,25-,26-,27+,28-,29+,30+,31-,32-,33-,34+,35-,36+,37-,39+,40-,41-,42-/m1/s1. The zero-order chi connectivity index (χ0) is 42.5. The molecule has 3 fully saturated rings. The Morgan fingerprint density at radius 2 is 1.55 bits per heavy atom. The van der Waals surface area contributed by atoms with Gasteiger partial charge in [-0.2, -0.15) is 0 Å². The van der Waals surface area contributed by atoms with Gasteiger partial charge in [0.2, 0.25) is 0 Å². The fraction of sp³-hybridized carbons (Fsp3) is 0.976. The van der Waals surface area contributed by atoms with Gasteiger partial charge in [0.25, 0.3) is 0 Å². The number of carbonyl (C=O) groups is 1. The fourth-order valence-electron chi connectivity index (χ4n) is 9.57. The summed E-state index contributed by atoms with van der Waals surface area (Å²) in [6.45, 7) is 23.9. The smallest absolute Gasteiger partial charge is 0.311 e. The molecule has 3 aliphatic heterocycles. The van der Waals surface area contributed by atoms with Crippen LogP contribution in [-0.4, -0.2) is 165 Å². The Kier molecular flexibility index (Phi) is 18.1. The maximum atomic E-state index is 14.3. The Morgan fingerprint density at radius 1 is 0.911 bits per heavy atom. The maximum absolute atomic E-state index is 14.3. The minimum atomic E-state index is -1.78. The van der Waals surface area contributed by atoms with Gasteiger partial charge >= 0.3 is 5.97 Å². The van der Waals surface area contributed by atoms with Crippen molar-refractivity contribution in [3.8, 4) is 0 Å². The summed E-state index contributed by atoms with van der Waals surface area (Å²) >= 11 is 0. The molecule has 0 aliphatic carbocycles. The number of aliphatic hydroxyl groups is 5. The van der Waals surface area contributed by atoms with Gasteiger partial charge in [-0.25, -0.2) is 0 Å². The SMILES string of the molecule is CCCN(C)[C@H]1C[C@@H](C)O[C@@H](O[C@@H]2[C@@H](C)[C@H](O[C@@H]3C[C@@](C)(OC)[C@@H](O)[C@H](C)O3)[C@@H](C)C(=O)O[C@H](CC)[C@@](C)(O)[C@H](O)[C@H](C)CN(CCC)[C@H](C)C[C@@]2(C)O)[C@@H]1O. The number of aliphatic hydroxyl groups excluding tert-OH is 3. The Labute approximate surface area is 337 Å². The van der Waals surface area contributed by atoms with Crippen LogP contribution >= 0.6 is 0 Å². The number of cyclic esters (lactones) is 1. The molecule has 0 bridgehead atoms. The molecular weight excluding hydrogens is 724 g/mol. The highest BCUT2D eigenvalue weighted by Crippen LogP contribution is 2.40. The molecule has 3 heterocycles. The lowest BCUT2D eigenvalue weighted by atomic mass is 9.78. The Balaban J connectivity index is 2.22. The van der Waals surface area contributed by atoms with Crippen molar-refractivity contribution >= 4 is 5.97 Å². The average Bonchev–Trinajstić information content (AvgIpc) is 3.13. The predicted molar refractivity (Wildman–Crippen MR) is 213 cm³/mol. The summed E-state index contributed by atoms with van der Waals surface area (Å²) in [5.41, 5.74) is -4.39. The molecule has 330 valence electrons. The largest absolute Gasteiger partial charge is 0.459 e. The lowest BCUT2D eigenvalue weighted by Crippen LogP contribution is -2.61. The van der Waals surface area contributed by atoms with Gasteiger partial charge in [0.1, 0.15) is 23.9 Å². The minimum absolute atomic E-state index is 0.134. The van der Waals surface area contributed by atoms with Crippen LogP contribution in [0, 0.1) is 17.8 Å². The van der Waals surface area contributed by atoms with Gasteiger partial charge in [-0.05, 0) is 107 Å². The Morgan fingerprint density at radius 3 is 2.12 bits per heavy atom. The molecule has 0 aromatic rings. The van der Waals surface area contributed by atoms with E-state index in [1.807, 2.05) is 34.7 Å². The van der Waals surface area contributed by atoms with Crippen molar-refractivity contribution in [3.63, 3.8) is 0 Å². The van der Waals surface area contributed by atoms with Crippen molar-refractivity contribution in [1.82, 2.24) is 9.80 Å². The highest BCUT2D eigenvalue weighted by atomic mass is 16.7. The van der Waals surface area contributed by atoms with E-state index in [2.05, 4.69) is 23.6 Å². The normalized spacial score (nSPS) is 46.9. The van der Waals surface area contributed by atoms with Crippen molar-refractivity contribution in [3.05, 3.63) is 0 Å². The zero-order valence-corrected chi connectivity index (χ0v) is 37.0. The number of methoxy groups -OCH3 is 1. The van der Waals surface area contributed by atoms with Crippen LogP contribution in [-0.2, 0) is 33.2 Å². The third-order valence-corrected chi connectivity index (χ3v) is 13.1. The minimum Gasteiger partial charge on any atom is -0.459 e. The van der Waals surface area contributed by atoms with E-state index in [0.717, 1.165) is 19.4 Å². The molecule has 0 aromatic carbocycles. The van der Waals surface area contributed by atoms with Gasteiger partial charge in [-0.15, -0.1) is 0 Å². The van der Waals surface area contributed by atoms with Crippen molar-refractivity contribution in [1.29, 1.82) is 0 Å². The quantitative estimate of drug-likeness (QED) is 0.192. The number of esters is 1. The molecule has 3 saturated heterocycles. The number of rotatable bonds is 11. The average molecular weight is 805 g/mol. The van der Waals surface area contributed by atoms with Crippen LogP contribution in [0.3, 0.4) is 0 Å². The number of ether oxygens (including phenoxy) is 6. The van der Waals surface area contributed by atoms with Crippen LogP contribution in [0.15, 0.2) is 0 Å². The molecule has 5 N–H and O–H groups in total. The summed E-state index contributed by atoms with van der Waals surface area (Å²) in [7, 11) is 3.49. The van der Waals surface area contributed by atoms with Crippen molar-refractivity contribution < 1.29 is 58.7 Å². The third-order valence-electron chi connectivity index (χ3n) is 13.1. The van der Waals surface area contributed by atoms with E-state index in [0.29, 0.717) is 19.5 Å². The Hall–Kier alpha value is -1.01. The van der Waals surface area contributed by atoms with Crippen LogP contribution in [0.25, 0.3) is 0 Å². The van der Waals surface area contributed by atoms with Gasteiger partial charge in [0, 0.05) is 38.1 Å². The van der Waals surface area contributed by atoms with E-state index in [-0.39, 0.29) is 37.5 Å². The van der Waals surface area contributed by atoms with E-state index in [9.17, 15) is 30.3 Å². The molecule has 14 nitrogen and oxygen atoms in total. The van der Waals surface area contributed by atoms with Crippen LogP contribution in [0.2, 0.25) is 0 Å². The number of hydrogen-bond donors (Lipinski definition) is 5. The molecule has 0 aromatic heterocycles. The molecule has 0 radical (unpaired) electrons. The molecule has 14 heteroatoms. The second kappa shape index (κ2) is 20.5. The summed E-state index contributed by atoms with van der Waals surface area (Å²) in [4.78, 5) is 18.6. The lowest BCUT2D eigenvalue weighted by molar-refractivity contribution is -0.318. The highest BCUT2D eigenvalue weighted by Gasteiger charge is 2.53. The second-order valence-corrected chi connectivity index (χ2v) is 18.2. The van der Waals surface area contributed by atoms with E-state index in [1.54, 1.807) is 34.6 Å². The van der Waals surface area contributed by atoms with E-state index in [4.69, 9.17) is 28.4 Å². The molecular formula is C42H80N2O12. The molecule has 56 heavy (non-hydrogen) atoms. The van der Waals surface area contributed by atoms with Gasteiger partial charge in [-0.1, -0.05) is 34.6 Å². The first-order valence-electron chi connectivity index (χ1n) is 21.3. The van der Waals surface area contributed by atoms with Crippen LogP contribution in [0.1, 0.15) is 122 Å². The summed E-state index contributed by atoms with van der Waals surface area (Å²) in [5.74, 6) is -2.87. The first-order valence-corrected chi connectivity index (χ1v) is 21.3. The predicted octanol–water partition coefficient (Wildman–Crippen LogP) is 3.46. The van der Waals surface area contributed by atoms with Crippen molar-refractivity contribution in [2.24, 2.45) is 17.8 Å². The fourth-order valence-corrected chi connectivity index (χ4v) is 9.57. The first kappa shape index (κ1) is 49.4. The second-order valence-electron chi connectivity index (χ2n) is 18.2. The Bertz CT molecular complexity index is 1210. The molecule has 18 atom stereocenters. The van der Waals surface area contributed by atoms with E-state index < -0.39 is 95.8 Å². The van der Waals surface area contributed by atoms with Crippen molar-refractivity contribution in [2.75, 3.05) is 33.8 Å². The number of carbonyl (C=O) groups excluding carboxylic acids is 1. The molecule has 0 amide bonds. The first-order chi connectivity index (χ1) is 26.0. The third kappa shape index (κ3) is 11.4. The monoisotopic (exact) mass is 805 g/mol. The lowest BCUT2D eigenvalue weighted by Gasteiger charge is -2.49. The molecule has 0 unspecified atom stereocenters. The number of hydrogen-bond acceptors (Lipinski definition) is 14.